The number of hydrogen-bond donors (Lipinski definition) is 1. The zero-order valence-corrected chi connectivity index (χ0v) is 10.6. The molecule has 16 heavy (non-hydrogen) atoms. The Labute approximate surface area is 99.8 Å². The Kier molecular flexibility index (Phi) is 3.61. The molecule has 0 spiro atoms. The molecule has 1 aliphatic heterocycles. The SMILES string of the molecule is NCC(Cc1cncs1)C1CCS(=O)(=O)C1. The lowest BCUT2D eigenvalue weighted by Gasteiger charge is -2.19. The summed E-state index contributed by atoms with van der Waals surface area (Å²) in [5.74, 6) is 1.15. The Balaban J connectivity index is 2.01. The molecule has 0 bridgehead atoms. The molecule has 0 radical (unpaired) electrons. The number of hydrogen-bond acceptors (Lipinski definition) is 5. The Morgan fingerprint density at radius 2 is 2.44 bits per heavy atom. The third-order valence-electron chi connectivity index (χ3n) is 3.18. The van der Waals surface area contributed by atoms with Crippen molar-refractivity contribution in [1.82, 2.24) is 4.98 Å². The minimum absolute atomic E-state index is 0.233. The second-order valence-electron chi connectivity index (χ2n) is 4.33. The summed E-state index contributed by atoms with van der Waals surface area (Å²) in [6.45, 7) is 0.554. The Hall–Kier alpha value is -0.460. The van der Waals surface area contributed by atoms with Crippen LogP contribution >= 0.6 is 11.3 Å². The van der Waals surface area contributed by atoms with Crippen LogP contribution in [0.15, 0.2) is 11.7 Å². The number of aromatic nitrogens is 1. The molecule has 0 amide bonds. The number of thiazole rings is 1. The van der Waals surface area contributed by atoms with Gasteiger partial charge in [-0.25, -0.2) is 8.42 Å². The maximum absolute atomic E-state index is 11.4. The molecule has 1 fully saturated rings. The van der Waals surface area contributed by atoms with E-state index in [0.29, 0.717) is 18.1 Å². The van der Waals surface area contributed by atoms with E-state index >= 15 is 0 Å². The largest absolute Gasteiger partial charge is 0.330 e. The number of nitrogens with two attached hydrogens (primary N) is 1. The van der Waals surface area contributed by atoms with Crippen LogP contribution in [0.4, 0.5) is 0 Å². The summed E-state index contributed by atoms with van der Waals surface area (Å²) in [6, 6.07) is 0. The lowest BCUT2D eigenvalue weighted by molar-refractivity contribution is 0.372. The number of sulfone groups is 1. The van der Waals surface area contributed by atoms with Crippen LogP contribution in [0.5, 0.6) is 0 Å². The van der Waals surface area contributed by atoms with E-state index in [2.05, 4.69) is 4.98 Å². The first-order valence-corrected chi connectivity index (χ1v) is 8.08. The maximum atomic E-state index is 11.4. The first-order chi connectivity index (χ1) is 7.61. The molecule has 1 saturated heterocycles. The lowest BCUT2D eigenvalue weighted by atomic mass is 9.89. The summed E-state index contributed by atoms with van der Waals surface area (Å²) in [4.78, 5) is 5.22. The van der Waals surface area contributed by atoms with Gasteiger partial charge in [0.15, 0.2) is 9.84 Å². The predicted molar refractivity (Wildman–Crippen MR) is 65.1 cm³/mol. The minimum Gasteiger partial charge on any atom is -0.330 e. The van der Waals surface area contributed by atoms with Crippen molar-refractivity contribution < 1.29 is 8.42 Å². The van der Waals surface area contributed by atoms with E-state index in [1.807, 2.05) is 6.20 Å². The van der Waals surface area contributed by atoms with Gasteiger partial charge in [-0.1, -0.05) is 0 Å². The third kappa shape index (κ3) is 2.81. The second kappa shape index (κ2) is 4.81. The van der Waals surface area contributed by atoms with Crippen molar-refractivity contribution in [2.24, 2.45) is 17.6 Å². The maximum Gasteiger partial charge on any atom is 0.150 e. The summed E-state index contributed by atoms with van der Waals surface area (Å²) < 4.78 is 22.8. The standard InChI is InChI=1S/C10H16N2O2S2/c11-4-9(3-10-5-12-7-15-10)8-1-2-16(13,14)6-8/h5,7-9H,1-4,6,11H2. The molecule has 2 heterocycles. The summed E-state index contributed by atoms with van der Waals surface area (Å²) in [7, 11) is -2.80. The monoisotopic (exact) mass is 260 g/mol. The highest BCUT2D eigenvalue weighted by molar-refractivity contribution is 7.91. The van der Waals surface area contributed by atoms with Crippen molar-refractivity contribution >= 4 is 21.2 Å². The van der Waals surface area contributed by atoms with Gasteiger partial charge in [0, 0.05) is 11.1 Å². The molecule has 2 rings (SSSR count). The molecule has 2 atom stereocenters. The summed E-state index contributed by atoms with van der Waals surface area (Å²) in [5.41, 5.74) is 7.55. The minimum atomic E-state index is -2.80. The summed E-state index contributed by atoms with van der Waals surface area (Å²) in [5, 5.41) is 0. The molecular formula is C10H16N2O2S2. The molecule has 6 heteroatoms. The fraction of sp³-hybridized carbons (Fsp3) is 0.700. The molecule has 1 aliphatic rings. The molecule has 0 aromatic carbocycles. The van der Waals surface area contributed by atoms with Crippen LogP contribution in [0.2, 0.25) is 0 Å². The van der Waals surface area contributed by atoms with Crippen LogP contribution in [0.1, 0.15) is 11.3 Å². The van der Waals surface area contributed by atoms with Crippen LogP contribution in [-0.4, -0.2) is 31.5 Å². The lowest BCUT2D eigenvalue weighted by Crippen LogP contribution is -2.26. The zero-order chi connectivity index (χ0) is 11.6. The molecule has 0 aliphatic carbocycles. The average molecular weight is 260 g/mol. The van der Waals surface area contributed by atoms with E-state index < -0.39 is 9.84 Å². The number of nitrogens with zero attached hydrogens (tertiary/aromatic N) is 1. The van der Waals surface area contributed by atoms with Gasteiger partial charge in [0.25, 0.3) is 0 Å². The van der Waals surface area contributed by atoms with E-state index in [9.17, 15) is 8.42 Å². The first kappa shape index (κ1) is 12.0. The molecular weight excluding hydrogens is 244 g/mol. The smallest absolute Gasteiger partial charge is 0.150 e. The quantitative estimate of drug-likeness (QED) is 0.864. The van der Waals surface area contributed by atoms with E-state index in [4.69, 9.17) is 5.73 Å². The van der Waals surface area contributed by atoms with E-state index in [0.717, 1.165) is 12.8 Å². The topological polar surface area (TPSA) is 73.0 Å². The van der Waals surface area contributed by atoms with E-state index in [1.165, 1.54) is 4.88 Å². The van der Waals surface area contributed by atoms with E-state index in [1.54, 1.807) is 16.8 Å². The fourth-order valence-electron chi connectivity index (χ4n) is 2.24. The van der Waals surface area contributed by atoms with Crippen molar-refractivity contribution in [3.05, 3.63) is 16.6 Å². The highest BCUT2D eigenvalue weighted by atomic mass is 32.2. The molecule has 1 aromatic heterocycles. The molecule has 2 N–H and O–H groups in total. The van der Waals surface area contributed by atoms with Crippen molar-refractivity contribution in [3.8, 4) is 0 Å². The highest BCUT2D eigenvalue weighted by Gasteiger charge is 2.33. The van der Waals surface area contributed by atoms with Crippen molar-refractivity contribution in [2.75, 3.05) is 18.1 Å². The molecule has 2 unspecified atom stereocenters. The van der Waals surface area contributed by atoms with Crippen molar-refractivity contribution in [2.45, 2.75) is 12.8 Å². The van der Waals surface area contributed by atoms with E-state index in [-0.39, 0.29) is 11.8 Å². The number of rotatable bonds is 4. The highest BCUT2D eigenvalue weighted by Crippen LogP contribution is 2.28. The Morgan fingerprint density at radius 1 is 1.62 bits per heavy atom. The Bertz CT molecular complexity index is 428. The van der Waals surface area contributed by atoms with Gasteiger partial charge in [-0.2, -0.15) is 0 Å². The predicted octanol–water partition coefficient (Wildman–Crippen LogP) is 0.695. The van der Waals surface area contributed by atoms with Crippen LogP contribution in [-0.2, 0) is 16.3 Å². The second-order valence-corrected chi connectivity index (χ2v) is 7.53. The van der Waals surface area contributed by atoms with Gasteiger partial charge < -0.3 is 5.73 Å². The van der Waals surface area contributed by atoms with Crippen LogP contribution in [0.3, 0.4) is 0 Å². The van der Waals surface area contributed by atoms with Crippen molar-refractivity contribution in [3.63, 3.8) is 0 Å². The normalized spacial score (nSPS) is 25.7. The zero-order valence-electron chi connectivity index (χ0n) is 9.00. The van der Waals surface area contributed by atoms with Gasteiger partial charge in [-0.15, -0.1) is 11.3 Å². The molecule has 1 aromatic rings. The molecule has 90 valence electrons. The van der Waals surface area contributed by atoms with Crippen molar-refractivity contribution in [1.29, 1.82) is 0 Å². The van der Waals surface area contributed by atoms with Crippen LogP contribution in [0, 0.1) is 11.8 Å². The van der Waals surface area contributed by atoms with Gasteiger partial charge in [-0.05, 0) is 31.2 Å². The summed E-state index contributed by atoms with van der Waals surface area (Å²) in [6.07, 6.45) is 3.47. The molecule has 4 nitrogen and oxygen atoms in total. The fourth-order valence-corrected chi connectivity index (χ4v) is 4.85. The van der Waals surface area contributed by atoms with Gasteiger partial charge in [-0.3, -0.25) is 4.98 Å². The average Bonchev–Trinajstić information content (AvgIpc) is 2.83. The summed E-state index contributed by atoms with van der Waals surface area (Å²) >= 11 is 1.61. The van der Waals surface area contributed by atoms with Gasteiger partial charge >= 0.3 is 0 Å². The van der Waals surface area contributed by atoms with Crippen LogP contribution < -0.4 is 5.73 Å². The first-order valence-electron chi connectivity index (χ1n) is 5.38. The third-order valence-corrected chi connectivity index (χ3v) is 5.78. The van der Waals surface area contributed by atoms with Gasteiger partial charge in [0.05, 0.1) is 17.0 Å². The molecule has 0 saturated carbocycles. The Morgan fingerprint density at radius 3 is 2.94 bits per heavy atom. The van der Waals surface area contributed by atoms with Gasteiger partial charge in [0.2, 0.25) is 0 Å². The van der Waals surface area contributed by atoms with Gasteiger partial charge in [0.1, 0.15) is 0 Å². The van der Waals surface area contributed by atoms with Crippen LogP contribution in [0.25, 0.3) is 0 Å².